The fourth-order valence-corrected chi connectivity index (χ4v) is 3.92. The summed E-state index contributed by atoms with van der Waals surface area (Å²) in [5.41, 5.74) is 7.39. The Labute approximate surface area is 113 Å². The Bertz CT molecular complexity index is 462. The van der Waals surface area contributed by atoms with Crippen LogP contribution in [0.4, 0.5) is 0 Å². The Morgan fingerprint density at radius 1 is 1.50 bits per heavy atom. The number of ether oxygens (including phenoxy) is 1. The number of fused-ring (bicyclic) bond motifs is 1. The molecule has 2 N–H and O–H groups in total. The van der Waals surface area contributed by atoms with Crippen LogP contribution in [0.2, 0.25) is 5.02 Å². The lowest BCUT2D eigenvalue weighted by molar-refractivity contribution is -0.000938. The minimum Gasteiger partial charge on any atom is -0.487 e. The fourth-order valence-electron chi connectivity index (χ4n) is 3.74. The molecule has 0 saturated heterocycles. The van der Waals surface area contributed by atoms with Crippen molar-refractivity contribution in [3.8, 4) is 5.75 Å². The summed E-state index contributed by atoms with van der Waals surface area (Å²) in [6.07, 6.45) is 5.77. The average molecular weight is 266 g/mol. The number of benzene rings is 1. The quantitative estimate of drug-likeness (QED) is 0.831. The summed E-state index contributed by atoms with van der Waals surface area (Å²) in [5.74, 6) is 1.59. The molecular weight excluding hydrogens is 246 g/mol. The molecular formula is C15H20ClNO. The predicted octanol–water partition coefficient (Wildman–Crippen LogP) is 4.07. The van der Waals surface area contributed by atoms with E-state index in [1.54, 1.807) is 0 Å². The van der Waals surface area contributed by atoms with Gasteiger partial charge in [0, 0.05) is 23.0 Å². The van der Waals surface area contributed by atoms with Crippen molar-refractivity contribution in [2.75, 3.05) is 0 Å². The fraction of sp³-hybridized carbons (Fsp3) is 0.600. The van der Waals surface area contributed by atoms with Crippen LogP contribution in [0.5, 0.6) is 5.75 Å². The Hall–Kier alpha value is -0.730. The lowest BCUT2D eigenvalue weighted by Crippen LogP contribution is -2.45. The summed E-state index contributed by atoms with van der Waals surface area (Å²) in [6, 6.07) is 5.87. The molecule has 1 aliphatic carbocycles. The summed E-state index contributed by atoms with van der Waals surface area (Å²) in [4.78, 5) is 0. The molecule has 1 aromatic carbocycles. The highest BCUT2D eigenvalue weighted by Gasteiger charge is 2.48. The van der Waals surface area contributed by atoms with Gasteiger partial charge in [-0.25, -0.2) is 0 Å². The molecule has 1 fully saturated rings. The normalized spacial score (nSPS) is 34.4. The lowest BCUT2D eigenvalue weighted by atomic mass is 9.79. The van der Waals surface area contributed by atoms with Crippen LogP contribution in [0.1, 0.15) is 50.6 Å². The zero-order valence-corrected chi connectivity index (χ0v) is 11.5. The SMILES string of the molecule is CCC1CCCC12CC(N)c1cc(Cl)ccc1O2. The Kier molecular flexibility index (Phi) is 3.03. The van der Waals surface area contributed by atoms with E-state index >= 15 is 0 Å². The maximum atomic E-state index is 6.37. The van der Waals surface area contributed by atoms with Gasteiger partial charge in [-0.1, -0.05) is 18.5 Å². The van der Waals surface area contributed by atoms with Crippen molar-refractivity contribution < 1.29 is 4.74 Å². The molecule has 18 heavy (non-hydrogen) atoms. The number of halogens is 1. The summed E-state index contributed by atoms with van der Waals surface area (Å²) in [7, 11) is 0. The lowest BCUT2D eigenvalue weighted by Gasteiger charge is -2.42. The van der Waals surface area contributed by atoms with Gasteiger partial charge < -0.3 is 10.5 Å². The van der Waals surface area contributed by atoms with E-state index in [0.29, 0.717) is 5.92 Å². The van der Waals surface area contributed by atoms with Gasteiger partial charge in [0.2, 0.25) is 0 Å². The third kappa shape index (κ3) is 1.83. The van der Waals surface area contributed by atoms with Crippen molar-refractivity contribution in [3.63, 3.8) is 0 Å². The second kappa shape index (κ2) is 4.43. The van der Waals surface area contributed by atoms with E-state index in [1.165, 1.54) is 19.3 Å². The minimum atomic E-state index is -0.0189. The van der Waals surface area contributed by atoms with Crippen LogP contribution < -0.4 is 10.5 Å². The van der Waals surface area contributed by atoms with E-state index < -0.39 is 0 Å². The van der Waals surface area contributed by atoms with Gasteiger partial charge >= 0.3 is 0 Å². The molecule has 0 radical (unpaired) electrons. The molecule has 3 unspecified atom stereocenters. The Morgan fingerprint density at radius 3 is 3.11 bits per heavy atom. The van der Waals surface area contributed by atoms with Gasteiger partial charge in [0.25, 0.3) is 0 Å². The summed E-state index contributed by atoms with van der Waals surface area (Å²) < 4.78 is 6.37. The van der Waals surface area contributed by atoms with Crippen LogP contribution in [0, 0.1) is 5.92 Å². The van der Waals surface area contributed by atoms with Crippen LogP contribution in [0.25, 0.3) is 0 Å². The van der Waals surface area contributed by atoms with Crippen molar-refractivity contribution in [2.24, 2.45) is 11.7 Å². The van der Waals surface area contributed by atoms with Gasteiger partial charge in [-0.2, -0.15) is 0 Å². The third-order valence-corrected chi connectivity index (χ3v) is 4.87. The molecule has 1 aromatic rings. The number of hydrogen-bond acceptors (Lipinski definition) is 2. The van der Waals surface area contributed by atoms with Crippen LogP contribution in [-0.4, -0.2) is 5.60 Å². The molecule has 0 amide bonds. The molecule has 1 saturated carbocycles. The van der Waals surface area contributed by atoms with Gasteiger partial charge in [0.1, 0.15) is 11.4 Å². The molecule has 0 bridgehead atoms. The molecule has 3 heteroatoms. The number of nitrogens with two attached hydrogens (primary N) is 1. The van der Waals surface area contributed by atoms with Crippen LogP contribution in [0.3, 0.4) is 0 Å². The number of rotatable bonds is 1. The Balaban J connectivity index is 1.98. The monoisotopic (exact) mass is 265 g/mol. The first kappa shape index (κ1) is 12.3. The first-order chi connectivity index (χ1) is 8.64. The molecule has 0 aromatic heterocycles. The van der Waals surface area contributed by atoms with Crippen molar-refractivity contribution in [3.05, 3.63) is 28.8 Å². The van der Waals surface area contributed by atoms with Gasteiger partial charge in [0.05, 0.1) is 0 Å². The molecule has 2 nitrogen and oxygen atoms in total. The molecule has 3 rings (SSSR count). The summed E-state index contributed by atoms with van der Waals surface area (Å²) in [6.45, 7) is 2.25. The molecule has 98 valence electrons. The number of hydrogen-bond donors (Lipinski definition) is 1. The predicted molar refractivity (Wildman–Crippen MR) is 74.0 cm³/mol. The molecule has 1 heterocycles. The summed E-state index contributed by atoms with van der Waals surface area (Å²) in [5, 5.41) is 0.738. The van der Waals surface area contributed by atoms with Crippen LogP contribution in [-0.2, 0) is 0 Å². The zero-order valence-electron chi connectivity index (χ0n) is 10.8. The largest absolute Gasteiger partial charge is 0.487 e. The first-order valence-corrected chi connectivity index (χ1v) is 7.26. The van der Waals surface area contributed by atoms with E-state index in [4.69, 9.17) is 22.1 Å². The van der Waals surface area contributed by atoms with E-state index in [-0.39, 0.29) is 11.6 Å². The summed E-state index contributed by atoms with van der Waals surface area (Å²) >= 11 is 6.04. The highest BCUT2D eigenvalue weighted by molar-refractivity contribution is 6.30. The second-order valence-corrected chi connectivity index (χ2v) is 6.09. The average Bonchev–Trinajstić information content (AvgIpc) is 2.72. The van der Waals surface area contributed by atoms with Gasteiger partial charge in [-0.05, 0) is 49.8 Å². The molecule has 1 aliphatic heterocycles. The molecule has 1 spiro atoms. The van der Waals surface area contributed by atoms with Crippen LogP contribution in [0.15, 0.2) is 18.2 Å². The van der Waals surface area contributed by atoms with Gasteiger partial charge in [0.15, 0.2) is 0 Å². The van der Waals surface area contributed by atoms with Crippen LogP contribution >= 0.6 is 11.6 Å². The standard InChI is InChI=1S/C15H20ClNO/c1-2-10-4-3-7-15(10)9-13(17)12-8-11(16)5-6-14(12)18-15/h5-6,8,10,13H,2-4,7,9,17H2,1H3. The van der Waals surface area contributed by atoms with Gasteiger partial charge in [-0.15, -0.1) is 0 Å². The maximum Gasteiger partial charge on any atom is 0.125 e. The maximum absolute atomic E-state index is 6.37. The highest BCUT2D eigenvalue weighted by Crippen LogP contribution is 2.50. The highest BCUT2D eigenvalue weighted by atomic mass is 35.5. The van der Waals surface area contributed by atoms with E-state index in [9.17, 15) is 0 Å². The van der Waals surface area contributed by atoms with Gasteiger partial charge in [-0.3, -0.25) is 0 Å². The van der Waals surface area contributed by atoms with E-state index in [0.717, 1.165) is 29.2 Å². The molecule has 2 aliphatic rings. The van der Waals surface area contributed by atoms with Crippen molar-refractivity contribution in [2.45, 2.75) is 50.7 Å². The third-order valence-electron chi connectivity index (χ3n) is 4.64. The Morgan fingerprint density at radius 2 is 2.33 bits per heavy atom. The van der Waals surface area contributed by atoms with E-state index in [1.807, 2.05) is 18.2 Å². The minimum absolute atomic E-state index is 0.0189. The van der Waals surface area contributed by atoms with Crippen molar-refractivity contribution in [1.29, 1.82) is 0 Å². The topological polar surface area (TPSA) is 35.2 Å². The van der Waals surface area contributed by atoms with Crippen molar-refractivity contribution in [1.82, 2.24) is 0 Å². The molecule has 3 atom stereocenters. The second-order valence-electron chi connectivity index (χ2n) is 5.66. The van der Waals surface area contributed by atoms with E-state index in [2.05, 4.69) is 6.92 Å². The first-order valence-electron chi connectivity index (χ1n) is 6.88. The van der Waals surface area contributed by atoms with Crippen molar-refractivity contribution >= 4 is 11.6 Å². The smallest absolute Gasteiger partial charge is 0.125 e. The zero-order chi connectivity index (χ0) is 12.8.